The fraction of sp³-hybridized carbons (Fsp3) is 0.710. The van der Waals surface area contributed by atoms with Crippen LogP contribution in [0.1, 0.15) is 120 Å². The number of nitrogens with zero attached hydrogens (tertiary/aromatic N) is 1. The summed E-state index contributed by atoms with van der Waals surface area (Å²) in [5, 5.41) is 8.58. The Balaban J connectivity index is 1.27. The molecule has 2 aliphatic carbocycles. The van der Waals surface area contributed by atoms with E-state index in [1.165, 1.54) is 102 Å². The van der Waals surface area contributed by atoms with Crippen LogP contribution in [0.4, 0.5) is 0 Å². The molecule has 0 spiro atoms. The Labute approximate surface area is 203 Å². The molecule has 0 aromatic heterocycles. The number of rotatable bonds is 13. The molecular weight excluding hydrogens is 402 g/mol. The van der Waals surface area contributed by atoms with Gasteiger partial charge in [-0.15, -0.1) is 0 Å². The Morgan fingerprint density at radius 3 is 2.27 bits per heavy atom. The second kappa shape index (κ2) is 15.3. The molecule has 0 radical (unpaired) electrons. The highest BCUT2D eigenvalue weighted by molar-refractivity contribution is 5.26. The fourth-order valence-electron chi connectivity index (χ4n) is 5.88. The van der Waals surface area contributed by atoms with Crippen LogP contribution in [0.15, 0.2) is 36.4 Å². The summed E-state index contributed by atoms with van der Waals surface area (Å²) in [4.78, 5) is 0. The number of aryl methyl sites for hydroxylation is 1. The molecule has 182 valence electrons. The van der Waals surface area contributed by atoms with Crippen molar-refractivity contribution in [2.45, 2.75) is 122 Å². The van der Waals surface area contributed by atoms with E-state index in [1.807, 2.05) is 6.08 Å². The van der Waals surface area contributed by atoms with Gasteiger partial charge in [-0.1, -0.05) is 75.8 Å². The third-order valence-electron chi connectivity index (χ3n) is 8.16. The van der Waals surface area contributed by atoms with Crippen molar-refractivity contribution in [1.29, 1.82) is 5.26 Å². The molecule has 2 aliphatic rings. The van der Waals surface area contributed by atoms with Gasteiger partial charge in [0.05, 0.1) is 12.2 Å². The molecule has 2 saturated carbocycles. The van der Waals surface area contributed by atoms with Gasteiger partial charge in [0.2, 0.25) is 0 Å². The van der Waals surface area contributed by atoms with E-state index in [4.69, 9.17) is 10.00 Å². The van der Waals surface area contributed by atoms with Crippen LogP contribution in [-0.2, 0) is 11.2 Å². The lowest BCUT2D eigenvalue weighted by Crippen LogP contribution is -2.25. The Kier molecular flexibility index (Phi) is 12.1. The van der Waals surface area contributed by atoms with Gasteiger partial charge < -0.3 is 4.74 Å². The van der Waals surface area contributed by atoms with Crippen molar-refractivity contribution >= 4 is 0 Å². The van der Waals surface area contributed by atoms with Gasteiger partial charge in [0.25, 0.3) is 0 Å². The first kappa shape index (κ1) is 26.0. The molecule has 0 unspecified atom stereocenters. The predicted octanol–water partition coefficient (Wildman–Crippen LogP) is 8.91. The normalized spacial score (nSPS) is 25.8. The maximum atomic E-state index is 8.58. The van der Waals surface area contributed by atoms with E-state index in [2.05, 4.69) is 37.3 Å². The van der Waals surface area contributed by atoms with Gasteiger partial charge in [-0.05, 0) is 93.1 Å². The average Bonchev–Trinajstić information content (AvgIpc) is 2.87. The quantitative estimate of drug-likeness (QED) is 0.222. The summed E-state index contributed by atoms with van der Waals surface area (Å²) < 4.78 is 6.40. The minimum atomic E-state index is 0.484. The van der Waals surface area contributed by atoms with E-state index in [9.17, 15) is 0 Å². The van der Waals surface area contributed by atoms with Crippen molar-refractivity contribution in [2.24, 2.45) is 11.8 Å². The molecule has 1 aromatic rings. The van der Waals surface area contributed by atoms with Gasteiger partial charge in [0, 0.05) is 12.7 Å². The van der Waals surface area contributed by atoms with Crippen molar-refractivity contribution < 1.29 is 4.74 Å². The Hall–Kier alpha value is -1.59. The number of nitriles is 1. The predicted molar refractivity (Wildman–Crippen MR) is 139 cm³/mol. The van der Waals surface area contributed by atoms with Crippen molar-refractivity contribution in [3.63, 3.8) is 0 Å². The van der Waals surface area contributed by atoms with Gasteiger partial charge in [0.1, 0.15) is 0 Å². The van der Waals surface area contributed by atoms with Crippen molar-refractivity contribution in [3.05, 3.63) is 47.5 Å². The third-order valence-corrected chi connectivity index (χ3v) is 8.16. The SMILES string of the molecule is CCCCCCCc1ccc([C@H]2CC[C@H](OC[C@H]3CC[C@H](CC/C=C/C#N)CC3)CC2)cc1. The molecule has 2 heteroatoms. The van der Waals surface area contributed by atoms with Crippen LogP contribution >= 0.6 is 0 Å². The zero-order chi connectivity index (χ0) is 23.1. The van der Waals surface area contributed by atoms with Crippen molar-refractivity contribution in [1.82, 2.24) is 0 Å². The second-order valence-electron chi connectivity index (χ2n) is 10.7. The van der Waals surface area contributed by atoms with Gasteiger partial charge >= 0.3 is 0 Å². The lowest BCUT2D eigenvalue weighted by atomic mass is 9.80. The molecule has 0 heterocycles. The van der Waals surface area contributed by atoms with Crippen molar-refractivity contribution in [3.8, 4) is 6.07 Å². The number of unbranched alkanes of at least 4 members (excludes halogenated alkanes) is 4. The summed E-state index contributed by atoms with van der Waals surface area (Å²) in [5.41, 5.74) is 3.06. The summed E-state index contributed by atoms with van der Waals surface area (Å²) in [6.45, 7) is 3.26. The maximum Gasteiger partial charge on any atom is 0.0908 e. The Bertz CT molecular complexity index is 699. The molecule has 0 saturated heterocycles. The van der Waals surface area contributed by atoms with Crippen LogP contribution in [0.5, 0.6) is 0 Å². The van der Waals surface area contributed by atoms with Crippen LogP contribution < -0.4 is 0 Å². The molecular formula is C31H47NO. The molecule has 1 aromatic carbocycles. The molecule has 0 N–H and O–H groups in total. The van der Waals surface area contributed by atoms with Crippen LogP contribution in [0.3, 0.4) is 0 Å². The van der Waals surface area contributed by atoms with E-state index in [0.29, 0.717) is 6.10 Å². The van der Waals surface area contributed by atoms with E-state index >= 15 is 0 Å². The molecule has 3 rings (SSSR count). The topological polar surface area (TPSA) is 33.0 Å². The highest BCUT2D eigenvalue weighted by atomic mass is 16.5. The van der Waals surface area contributed by atoms with Crippen LogP contribution in [0.2, 0.25) is 0 Å². The highest BCUT2D eigenvalue weighted by Gasteiger charge is 2.25. The Morgan fingerprint density at radius 2 is 1.58 bits per heavy atom. The molecule has 0 bridgehead atoms. The lowest BCUT2D eigenvalue weighted by Gasteiger charge is -2.32. The number of hydrogen-bond donors (Lipinski definition) is 0. The summed E-state index contributed by atoms with van der Waals surface area (Å²) >= 11 is 0. The second-order valence-corrected chi connectivity index (χ2v) is 10.7. The zero-order valence-electron chi connectivity index (χ0n) is 21.1. The number of benzene rings is 1. The summed E-state index contributed by atoms with van der Waals surface area (Å²) in [7, 11) is 0. The maximum absolute atomic E-state index is 8.58. The van der Waals surface area contributed by atoms with E-state index in [1.54, 1.807) is 11.6 Å². The first-order valence-electron chi connectivity index (χ1n) is 14.0. The number of hydrogen-bond acceptors (Lipinski definition) is 2. The Morgan fingerprint density at radius 1 is 0.879 bits per heavy atom. The number of allylic oxidation sites excluding steroid dienone is 2. The minimum Gasteiger partial charge on any atom is -0.378 e. The molecule has 2 fully saturated rings. The summed E-state index contributed by atoms with van der Waals surface area (Å²) in [6.07, 6.45) is 24.8. The van der Waals surface area contributed by atoms with Crippen LogP contribution in [0.25, 0.3) is 0 Å². The first-order valence-corrected chi connectivity index (χ1v) is 14.0. The molecule has 0 amide bonds. The van der Waals surface area contributed by atoms with E-state index < -0.39 is 0 Å². The largest absolute Gasteiger partial charge is 0.378 e. The minimum absolute atomic E-state index is 0.484. The zero-order valence-corrected chi connectivity index (χ0v) is 21.1. The molecule has 0 atom stereocenters. The van der Waals surface area contributed by atoms with Gasteiger partial charge in [-0.3, -0.25) is 0 Å². The molecule has 0 aliphatic heterocycles. The van der Waals surface area contributed by atoms with E-state index in [-0.39, 0.29) is 0 Å². The van der Waals surface area contributed by atoms with Crippen LogP contribution in [0, 0.1) is 23.2 Å². The highest BCUT2D eigenvalue weighted by Crippen LogP contribution is 2.36. The average molecular weight is 450 g/mol. The van der Waals surface area contributed by atoms with Gasteiger partial charge in [-0.2, -0.15) is 5.26 Å². The monoisotopic (exact) mass is 449 g/mol. The van der Waals surface area contributed by atoms with Crippen LogP contribution in [-0.4, -0.2) is 12.7 Å². The lowest BCUT2D eigenvalue weighted by molar-refractivity contribution is -0.00474. The van der Waals surface area contributed by atoms with E-state index in [0.717, 1.165) is 30.8 Å². The smallest absolute Gasteiger partial charge is 0.0908 e. The third kappa shape index (κ3) is 9.66. The summed E-state index contributed by atoms with van der Waals surface area (Å²) in [5.74, 6) is 2.35. The van der Waals surface area contributed by atoms with Crippen molar-refractivity contribution in [2.75, 3.05) is 6.61 Å². The summed E-state index contributed by atoms with van der Waals surface area (Å²) in [6, 6.07) is 11.7. The van der Waals surface area contributed by atoms with Gasteiger partial charge in [0.15, 0.2) is 0 Å². The van der Waals surface area contributed by atoms with Gasteiger partial charge in [-0.25, -0.2) is 0 Å². The molecule has 33 heavy (non-hydrogen) atoms. The number of ether oxygens (including phenoxy) is 1. The molecule has 2 nitrogen and oxygen atoms in total. The first-order chi connectivity index (χ1) is 16.3. The standard InChI is InChI=1S/C31H47NO/c1-2-3-4-5-7-10-27-16-18-29(19-17-27)30-20-22-31(23-21-30)33-25-28-14-12-26(13-15-28)11-8-6-9-24-32/h6,9,16-19,26,28,30-31H,2-5,7-8,10-15,20-23,25H2,1H3/b9-6+/t26-,28-,30-,31-. The fourth-order valence-corrected chi connectivity index (χ4v) is 5.88.